The minimum atomic E-state index is -0.0982. The Morgan fingerprint density at radius 1 is 1.00 bits per heavy atom. The van der Waals surface area contributed by atoms with Gasteiger partial charge in [0.2, 0.25) is 5.95 Å². The molecule has 1 fully saturated rings. The van der Waals surface area contributed by atoms with Gasteiger partial charge in [0.25, 0.3) is 5.56 Å². The van der Waals surface area contributed by atoms with Gasteiger partial charge in [0.15, 0.2) is 0 Å². The van der Waals surface area contributed by atoms with Crippen molar-refractivity contribution >= 4 is 22.7 Å². The highest BCUT2D eigenvalue weighted by Crippen LogP contribution is 2.27. The molecule has 0 spiro atoms. The molecule has 0 saturated carbocycles. The molecule has 1 aromatic carbocycles. The van der Waals surface area contributed by atoms with E-state index in [1.165, 1.54) is 0 Å². The Kier molecular flexibility index (Phi) is 4.74. The fourth-order valence-electron chi connectivity index (χ4n) is 3.87. The van der Waals surface area contributed by atoms with E-state index in [4.69, 9.17) is 10.5 Å². The fourth-order valence-corrected chi connectivity index (χ4v) is 3.87. The predicted molar refractivity (Wildman–Crippen MR) is 120 cm³/mol. The highest BCUT2D eigenvalue weighted by atomic mass is 16.5. The van der Waals surface area contributed by atoms with Crippen LogP contribution in [0.1, 0.15) is 12.8 Å². The zero-order valence-electron chi connectivity index (χ0n) is 17.2. The summed E-state index contributed by atoms with van der Waals surface area (Å²) in [4.78, 5) is 28.3. The number of rotatable bonds is 4. The van der Waals surface area contributed by atoms with Crippen molar-refractivity contribution in [2.24, 2.45) is 7.05 Å². The quantitative estimate of drug-likeness (QED) is 0.547. The van der Waals surface area contributed by atoms with Crippen LogP contribution < -0.4 is 20.9 Å². The van der Waals surface area contributed by atoms with Gasteiger partial charge in [-0.1, -0.05) is 6.07 Å². The second-order valence-electron chi connectivity index (χ2n) is 7.60. The molecule has 4 aromatic rings. The molecule has 5 rings (SSSR count). The molecule has 156 valence electrons. The highest BCUT2D eigenvalue weighted by Gasteiger charge is 2.18. The summed E-state index contributed by atoms with van der Waals surface area (Å²) in [5, 5.41) is 0.904. The zero-order valence-corrected chi connectivity index (χ0v) is 17.2. The van der Waals surface area contributed by atoms with E-state index in [-0.39, 0.29) is 5.56 Å². The van der Waals surface area contributed by atoms with Gasteiger partial charge in [-0.3, -0.25) is 9.36 Å². The molecule has 8 nitrogen and oxygen atoms in total. The molecule has 0 atom stereocenters. The molecule has 0 unspecified atom stereocenters. The van der Waals surface area contributed by atoms with E-state index in [9.17, 15) is 4.79 Å². The lowest BCUT2D eigenvalue weighted by Gasteiger charge is -2.19. The molecule has 0 radical (unpaired) electrons. The summed E-state index contributed by atoms with van der Waals surface area (Å²) in [6.45, 7) is 1.87. The Morgan fingerprint density at radius 2 is 1.81 bits per heavy atom. The molecule has 4 heterocycles. The van der Waals surface area contributed by atoms with Gasteiger partial charge >= 0.3 is 0 Å². The smallest absolute Gasteiger partial charge is 0.264 e. The maximum Gasteiger partial charge on any atom is 0.264 e. The molecule has 1 aliphatic rings. The fraction of sp³-hybridized carbons (Fsp3) is 0.217. The van der Waals surface area contributed by atoms with Crippen molar-refractivity contribution in [3.8, 4) is 22.8 Å². The number of ether oxygens (including phenoxy) is 1. The molecule has 0 aliphatic carbocycles. The van der Waals surface area contributed by atoms with E-state index in [0.717, 1.165) is 36.8 Å². The van der Waals surface area contributed by atoms with Crippen LogP contribution in [0.15, 0.2) is 59.7 Å². The summed E-state index contributed by atoms with van der Waals surface area (Å²) >= 11 is 0. The number of nitrogen functional groups attached to an aromatic ring is 1. The minimum absolute atomic E-state index is 0.0982. The Morgan fingerprint density at radius 3 is 2.61 bits per heavy atom. The molecular weight excluding hydrogens is 392 g/mol. The molecule has 1 aliphatic heterocycles. The van der Waals surface area contributed by atoms with E-state index in [2.05, 4.69) is 19.9 Å². The number of hydrogen-bond donors (Lipinski definition) is 1. The predicted octanol–water partition coefficient (Wildman–Crippen LogP) is 3.37. The lowest BCUT2D eigenvalue weighted by molar-refractivity contribution is 0.483. The molecule has 8 heteroatoms. The summed E-state index contributed by atoms with van der Waals surface area (Å²) < 4.78 is 7.48. The van der Waals surface area contributed by atoms with Gasteiger partial charge in [-0.05, 0) is 43.2 Å². The lowest BCUT2D eigenvalue weighted by Crippen LogP contribution is -2.30. The summed E-state index contributed by atoms with van der Waals surface area (Å²) in [6.07, 6.45) is 5.49. The topological polar surface area (TPSA) is 99.2 Å². The number of nitrogens with two attached hydrogens (primary N) is 1. The third-order valence-corrected chi connectivity index (χ3v) is 5.46. The van der Waals surface area contributed by atoms with Gasteiger partial charge in [-0.15, -0.1) is 0 Å². The van der Waals surface area contributed by atoms with Gasteiger partial charge in [-0.25, -0.2) is 15.0 Å². The number of benzene rings is 1. The Hall–Kier alpha value is -3.94. The number of pyridine rings is 2. The first kappa shape index (κ1) is 19.0. The van der Waals surface area contributed by atoms with Crippen molar-refractivity contribution in [3.63, 3.8) is 0 Å². The average Bonchev–Trinajstić information content (AvgIpc) is 3.30. The van der Waals surface area contributed by atoms with E-state index in [1.54, 1.807) is 36.1 Å². The van der Waals surface area contributed by atoms with Crippen LogP contribution in [0.2, 0.25) is 0 Å². The summed E-state index contributed by atoms with van der Waals surface area (Å²) in [5.41, 5.74) is 7.46. The van der Waals surface area contributed by atoms with Crippen LogP contribution in [0.25, 0.3) is 22.2 Å². The van der Waals surface area contributed by atoms with Crippen LogP contribution in [-0.2, 0) is 7.05 Å². The van der Waals surface area contributed by atoms with Crippen molar-refractivity contribution in [2.75, 3.05) is 23.7 Å². The van der Waals surface area contributed by atoms with Crippen molar-refractivity contribution in [3.05, 3.63) is 65.2 Å². The van der Waals surface area contributed by atoms with Crippen molar-refractivity contribution in [1.82, 2.24) is 19.5 Å². The molecule has 3 aromatic heterocycles. The maximum atomic E-state index is 13.0. The number of anilines is 2. The van der Waals surface area contributed by atoms with Gasteiger partial charge in [0.05, 0.1) is 16.8 Å². The van der Waals surface area contributed by atoms with Crippen molar-refractivity contribution in [2.45, 2.75) is 12.8 Å². The molecule has 2 N–H and O–H groups in total. The Bertz CT molecular complexity index is 1330. The number of fused-ring (bicyclic) bond motifs is 1. The molecule has 0 bridgehead atoms. The van der Waals surface area contributed by atoms with E-state index in [1.807, 2.05) is 30.3 Å². The Labute approximate surface area is 179 Å². The highest BCUT2D eigenvalue weighted by molar-refractivity contribution is 5.82. The molecule has 0 amide bonds. The van der Waals surface area contributed by atoms with Crippen LogP contribution >= 0.6 is 0 Å². The second kappa shape index (κ2) is 7.71. The van der Waals surface area contributed by atoms with Gasteiger partial charge in [0.1, 0.15) is 17.3 Å². The molecular formula is C23H22N6O2. The largest absolute Gasteiger partial charge is 0.457 e. The second-order valence-corrected chi connectivity index (χ2v) is 7.60. The van der Waals surface area contributed by atoms with Gasteiger partial charge in [-0.2, -0.15) is 0 Å². The van der Waals surface area contributed by atoms with Crippen LogP contribution in [0.5, 0.6) is 11.5 Å². The van der Waals surface area contributed by atoms with E-state index in [0.29, 0.717) is 34.5 Å². The summed E-state index contributed by atoms with van der Waals surface area (Å²) in [7, 11) is 1.77. The Balaban J connectivity index is 1.46. The first-order chi connectivity index (χ1) is 15.1. The molecule has 1 saturated heterocycles. The van der Waals surface area contributed by atoms with E-state index >= 15 is 0 Å². The standard InChI is InChI=1S/C23H22N6O2/c1-28-22(30)18(14-26-23(28)29-10-2-3-11-29)20-6-4-15-12-16(5-7-19(15)27-20)31-17-8-9-25-21(24)13-17/h4-9,12-14H,2-3,10-11H2,1H3,(H2,24,25). The number of nitrogens with zero attached hydrogens (tertiary/aromatic N) is 5. The molecule has 31 heavy (non-hydrogen) atoms. The normalized spacial score (nSPS) is 13.6. The van der Waals surface area contributed by atoms with Crippen LogP contribution in [0.3, 0.4) is 0 Å². The van der Waals surface area contributed by atoms with Gasteiger partial charge < -0.3 is 15.4 Å². The maximum absolute atomic E-state index is 13.0. The van der Waals surface area contributed by atoms with Crippen LogP contribution in [0.4, 0.5) is 11.8 Å². The van der Waals surface area contributed by atoms with Crippen molar-refractivity contribution in [1.29, 1.82) is 0 Å². The SMILES string of the molecule is Cn1c(N2CCCC2)ncc(-c2ccc3cc(Oc4ccnc(N)c4)ccc3n2)c1=O. The third-order valence-electron chi connectivity index (χ3n) is 5.46. The monoisotopic (exact) mass is 414 g/mol. The van der Waals surface area contributed by atoms with Crippen molar-refractivity contribution < 1.29 is 4.74 Å². The number of hydrogen-bond acceptors (Lipinski definition) is 7. The summed E-state index contributed by atoms with van der Waals surface area (Å²) in [6, 6.07) is 12.8. The first-order valence-corrected chi connectivity index (χ1v) is 10.2. The van der Waals surface area contributed by atoms with Gasteiger partial charge in [0, 0.05) is 44.0 Å². The summed E-state index contributed by atoms with van der Waals surface area (Å²) in [5.74, 6) is 2.39. The number of aromatic nitrogens is 4. The average molecular weight is 414 g/mol. The minimum Gasteiger partial charge on any atom is -0.457 e. The third kappa shape index (κ3) is 3.68. The van der Waals surface area contributed by atoms with Crippen LogP contribution in [-0.4, -0.2) is 32.6 Å². The van der Waals surface area contributed by atoms with E-state index < -0.39 is 0 Å². The lowest BCUT2D eigenvalue weighted by atomic mass is 10.1. The van der Waals surface area contributed by atoms with Crippen LogP contribution in [0, 0.1) is 0 Å². The zero-order chi connectivity index (χ0) is 21.4. The first-order valence-electron chi connectivity index (χ1n) is 10.2.